The van der Waals surface area contributed by atoms with Gasteiger partial charge in [-0.3, -0.25) is 14.9 Å². The molecule has 5 heteroatoms. The van der Waals surface area contributed by atoms with Crippen molar-refractivity contribution in [1.82, 2.24) is 0 Å². The highest BCUT2D eigenvalue weighted by molar-refractivity contribution is 5.81. The smallest absolute Gasteiger partial charge is 0.269 e. The highest BCUT2D eigenvalue weighted by atomic mass is 16.6. The fourth-order valence-electron chi connectivity index (χ4n) is 1.15. The molecule has 0 spiro atoms. The highest BCUT2D eigenvalue weighted by Gasteiger charge is 2.10. The number of hydrogen-bond acceptors (Lipinski definition) is 4. The van der Waals surface area contributed by atoms with Gasteiger partial charge in [-0.1, -0.05) is 12.1 Å². The maximum absolute atomic E-state index is 10.9. The van der Waals surface area contributed by atoms with Crippen LogP contribution in [0.5, 0.6) is 0 Å². The van der Waals surface area contributed by atoms with E-state index in [1.165, 1.54) is 19.1 Å². The van der Waals surface area contributed by atoms with Gasteiger partial charge in [-0.05, 0) is 18.9 Å². The number of benzene rings is 1. The molecule has 2 N–H and O–H groups in total. The zero-order valence-corrected chi connectivity index (χ0v) is 8.34. The van der Waals surface area contributed by atoms with Crippen molar-refractivity contribution in [3.8, 4) is 0 Å². The molecule has 0 aromatic heterocycles. The molecule has 0 aliphatic rings. The van der Waals surface area contributed by atoms with E-state index in [9.17, 15) is 14.9 Å². The normalized spacial score (nSPS) is 12.1. The molecule has 0 saturated carbocycles. The third-order valence-corrected chi connectivity index (χ3v) is 2.12. The molecular weight excluding hydrogens is 196 g/mol. The van der Waals surface area contributed by atoms with Gasteiger partial charge in [0, 0.05) is 12.1 Å². The van der Waals surface area contributed by atoms with E-state index in [2.05, 4.69) is 0 Å². The van der Waals surface area contributed by atoms with Crippen LogP contribution in [0.2, 0.25) is 0 Å². The molecule has 1 aromatic rings. The fourth-order valence-corrected chi connectivity index (χ4v) is 1.15. The molecule has 0 aliphatic carbocycles. The zero-order valence-electron chi connectivity index (χ0n) is 8.34. The molecule has 0 bridgehead atoms. The Morgan fingerprint density at radius 2 is 2.00 bits per heavy atom. The maximum Gasteiger partial charge on any atom is 0.269 e. The predicted octanol–water partition coefficient (Wildman–Crippen LogP) is 1.05. The summed E-state index contributed by atoms with van der Waals surface area (Å²) in [5, 5.41) is 10.4. The van der Waals surface area contributed by atoms with Crippen molar-refractivity contribution in [3.05, 3.63) is 39.9 Å². The van der Waals surface area contributed by atoms with Gasteiger partial charge in [-0.15, -0.1) is 0 Å². The lowest BCUT2D eigenvalue weighted by Crippen LogP contribution is -2.30. The Balaban J connectivity index is 2.72. The molecule has 15 heavy (non-hydrogen) atoms. The second-order valence-corrected chi connectivity index (χ2v) is 3.34. The average Bonchev–Trinajstić information content (AvgIpc) is 2.18. The van der Waals surface area contributed by atoms with Gasteiger partial charge in [0.25, 0.3) is 5.69 Å². The average molecular weight is 208 g/mol. The molecule has 5 nitrogen and oxygen atoms in total. The summed E-state index contributed by atoms with van der Waals surface area (Å²) in [4.78, 5) is 20.8. The summed E-state index contributed by atoms with van der Waals surface area (Å²) >= 11 is 0. The van der Waals surface area contributed by atoms with Gasteiger partial charge in [0.1, 0.15) is 5.78 Å². The van der Waals surface area contributed by atoms with Crippen LogP contribution in [-0.4, -0.2) is 16.7 Å². The minimum atomic E-state index is -0.536. The quantitative estimate of drug-likeness (QED) is 0.592. The van der Waals surface area contributed by atoms with E-state index < -0.39 is 11.0 Å². The van der Waals surface area contributed by atoms with Crippen LogP contribution in [0.3, 0.4) is 0 Å². The van der Waals surface area contributed by atoms with Crippen molar-refractivity contribution in [2.45, 2.75) is 19.4 Å². The summed E-state index contributed by atoms with van der Waals surface area (Å²) < 4.78 is 0. The molecule has 0 heterocycles. The van der Waals surface area contributed by atoms with Crippen molar-refractivity contribution < 1.29 is 9.72 Å². The minimum Gasteiger partial charge on any atom is -0.321 e. The van der Waals surface area contributed by atoms with E-state index >= 15 is 0 Å². The molecule has 0 saturated heterocycles. The van der Waals surface area contributed by atoms with Gasteiger partial charge in [-0.2, -0.15) is 0 Å². The SMILES string of the molecule is CC(=O)[C@H](N)Cc1ccc([N+](=O)[O-])cc1. The van der Waals surface area contributed by atoms with Crippen LogP contribution in [0.15, 0.2) is 24.3 Å². The predicted molar refractivity (Wildman–Crippen MR) is 55.5 cm³/mol. The number of nitro benzene ring substituents is 1. The topological polar surface area (TPSA) is 86.2 Å². The number of Topliss-reactive ketones (excluding diaryl/α,β-unsaturated/α-hetero) is 1. The van der Waals surface area contributed by atoms with Crippen LogP contribution >= 0.6 is 0 Å². The molecule has 1 atom stereocenters. The Bertz CT molecular complexity index is 373. The number of non-ortho nitro benzene ring substituents is 1. The van der Waals surface area contributed by atoms with Gasteiger partial charge < -0.3 is 5.73 Å². The van der Waals surface area contributed by atoms with Crippen LogP contribution in [0, 0.1) is 10.1 Å². The Morgan fingerprint density at radius 3 is 2.40 bits per heavy atom. The van der Waals surface area contributed by atoms with Gasteiger partial charge in [0.05, 0.1) is 11.0 Å². The summed E-state index contributed by atoms with van der Waals surface area (Å²) in [6.07, 6.45) is 0.410. The van der Waals surface area contributed by atoms with Crippen molar-refractivity contribution in [3.63, 3.8) is 0 Å². The van der Waals surface area contributed by atoms with Crippen molar-refractivity contribution in [2.24, 2.45) is 5.73 Å². The minimum absolute atomic E-state index is 0.0372. The lowest BCUT2D eigenvalue weighted by molar-refractivity contribution is -0.384. The highest BCUT2D eigenvalue weighted by Crippen LogP contribution is 2.12. The first-order valence-corrected chi connectivity index (χ1v) is 4.50. The number of nitrogens with two attached hydrogens (primary N) is 1. The molecule has 0 fully saturated rings. The van der Waals surface area contributed by atoms with E-state index in [4.69, 9.17) is 5.73 Å². The monoisotopic (exact) mass is 208 g/mol. The Morgan fingerprint density at radius 1 is 1.47 bits per heavy atom. The molecule has 80 valence electrons. The van der Waals surface area contributed by atoms with Gasteiger partial charge in [0.15, 0.2) is 0 Å². The van der Waals surface area contributed by atoms with Crippen LogP contribution in [0.25, 0.3) is 0 Å². The summed E-state index contributed by atoms with van der Waals surface area (Å²) in [7, 11) is 0. The number of rotatable bonds is 4. The number of carbonyl (C=O) groups is 1. The van der Waals surface area contributed by atoms with E-state index in [1.807, 2.05) is 0 Å². The number of carbonyl (C=O) groups excluding carboxylic acids is 1. The Kier molecular flexibility index (Phi) is 3.51. The molecule has 0 radical (unpaired) electrons. The maximum atomic E-state index is 10.9. The molecule has 1 rings (SSSR count). The zero-order chi connectivity index (χ0) is 11.4. The lowest BCUT2D eigenvalue weighted by atomic mass is 10.0. The molecule has 0 unspecified atom stereocenters. The molecule has 1 aromatic carbocycles. The standard InChI is InChI=1S/C10H12N2O3/c1-7(13)10(11)6-8-2-4-9(5-3-8)12(14)15/h2-5,10H,6,11H2,1H3/t10-/m1/s1. The number of nitro groups is 1. The molecule has 0 amide bonds. The van der Waals surface area contributed by atoms with Crippen LogP contribution < -0.4 is 5.73 Å². The number of hydrogen-bond donors (Lipinski definition) is 1. The van der Waals surface area contributed by atoms with E-state index in [-0.39, 0.29) is 11.5 Å². The first-order chi connectivity index (χ1) is 7.00. The molecule has 0 aliphatic heterocycles. The van der Waals surface area contributed by atoms with Crippen molar-refractivity contribution in [2.75, 3.05) is 0 Å². The van der Waals surface area contributed by atoms with Crippen LogP contribution in [0.1, 0.15) is 12.5 Å². The van der Waals surface area contributed by atoms with Crippen molar-refractivity contribution >= 4 is 11.5 Å². The van der Waals surface area contributed by atoms with E-state index in [1.54, 1.807) is 12.1 Å². The van der Waals surface area contributed by atoms with Crippen LogP contribution in [-0.2, 0) is 11.2 Å². The van der Waals surface area contributed by atoms with Gasteiger partial charge in [-0.25, -0.2) is 0 Å². The largest absolute Gasteiger partial charge is 0.321 e. The van der Waals surface area contributed by atoms with E-state index in [0.29, 0.717) is 6.42 Å². The summed E-state index contributed by atoms with van der Waals surface area (Å²) in [6.45, 7) is 1.43. The Hall–Kier alpha value is -1.75. The second kappa shape index (κ2) is 4.65. The fraction of sp³-hybridized carbons (Fsp3) is 0.300. The summed E-state index contributed by atoms with van der Waals surface area (Å²) in [5.74, 6) is -0.0895. The third kappa shape index (κ3) is 3.14. The van der Waals surface area contributed by atoms with E-state index in [0.717, 1.165) is 5.56 Å². The van der Waals surface area contributed by atoms with Crippen molar-refractivity contribution in [1.29, 1.82) is 0 Å². The van der Waals surface area contributed by atoms with Gasteiger partial charge in [0.2, 0.25) is 0 Å². The molecular formula is C10H12N2O3. The van der Waals surface area contributed by atoms with Gasteiger partial charge >= 0.3 is 0 Å². The lowest BCUT2D eigenvalue weighted by Gasteiger charge is -2.06. The third-order valence-electron chi connectivity index (χ3n) is 2.12. The summed E-state index contributed by atoms with van der Waals surface area (Å²) in [5.41, 5.74) is 6.42. The number of ketones is 1. The second-order valence-electron chi connectivity index (χ2n) is 3.34. The first kappa shape index (κ1) is 11.3. The van der Waals surface area contributed by atoms with Crippen LogP contribution in [0.4, 0.5) is 5.69 Å². The Labute approximate surface area is 87.0 Å². The first-order valence-electron chi connectivity index (χ1n) is 4.50. The summed E-state index contributed by atoms with van der Waals surface area (Å²) in [6, 6.07) is 5.50. The number of nitrogens with zero attached hydrogens (tertiary/aromatic N) is 1.